The number of H-pyrrole nitrogens is 1. The first-order valence-electron chi connectivity index (χ1n) is 4.44. The molecule has 11 heteroatoms. The molecule has 10 nitrogen and oxygen atoms in total. The number of sulfonamides is 1. The third-order valence-corrected chi connectivity index (χ3v) is 2.65. The molecule has 2 heterocycles. The number of hydrogen-bond donors (Lipinski definition) is 2. The molecular formula is C7H7N5O5S. The predicted octanol–water partition coefficient (Wildman–Crippen LogP) is -2.15. The Bertz CT molecular complexity index is 788. The lowest BCUT2D eigenvalue weighted by Gasteiger charge is -2.03. The maximum absolute atomic E-state index is 11.4. The van der Waals surface area contributed by atoms with Crippen molar-refractivity contribution in [2.45, 2.75) is 5.16 Å². The predicted molar refractivity (Wildman–Crippen MR) is 56.3 cm³/mol. The fourth-order valence-corrected chi connectivity index (χ4v) is 1.68. The molecular weight excluding hydrogens is 266 g/mol. The van der Waals surface area contributed by atoms with Crippen LogP contribution in [0.3, 0.4) is 0 Å². The number of nitrogens with two attached hydrogens (primary N) is 1. The molecule has 2 aromatic rings. The van der Waals surface area contributed by atoms with Gasteiger partial charge in [0.1, 0.15) is 0 Å². The lowest BCUT2D eigenvalue weighted by Crippen LogP contribution is -2.21. The van der Waals surface area contributed by atoms with Gasteiger partial charge in [0.15, 0.2) is 5.65 Å². The highest BCUT2D eigenvalue weighted by atomic mass is 32.2. The molecule has 0 amide bonds. The number of nitrogens with zero attached hydrogens (tertiary/aromatic N) is 3. The maximum atomic E-state index is 11.4. The standard InChI is InChI=1S/C7H7N5O5S/c1-17-6(14)5-10-7(18(8,15)16)9-3-2-4(13)11-12(3)5/h2H,1H3,(H,11,13)(H2,8,15,16). The Morgan fingerprint density at radius 3 is 2.72 bits per heavy atom. The van der Waals surface area contributed by atoms with E-state index in [1.807, 2.05) is 0 Å². The molecule has 0 unspecified atom stereocenters. The van der Waals surface area contributed by atoms with E-state index in [1.165, 1.54) is 0 Å². The molecule has 0 atom stereocenters. The SMILES string of the molecule is COC(=O)c1nc(S(N)(=O)=O)nc2cc(=O)[nH]n12. The Labute approximate surface area is 99.4 Å². The fraction of sp³-hybridized carbons (Fsp3) is 0.143. The van der Waals surface area contributed by atoms with Gasteiger partial charge in [-0.05, 0) is 0 Å². The molecule has 0 saturated carbocycles. The molecule has 0 spiro atoms. The molecule has 96 valence electrons. The molecule has 3 N–H and O–H groups in total. The number of carbonyl (C=O) groups excluding carboxylic acids is 1. The third kappa shape index (κ3) is 1.96. The first-order chi connectivity index (χ1) is 8.32. The zero-order valence-electron chi connectivity index (χ0n) is 8.95. The van der Waals surface area contributed by atoms with Crippen molar-refractivity contribution in [3.63, 3.8) is 0 Å². The minimum atomic E-state index is -4.21. The van der Waals surface area contributed by atoms with Crippen molar-refractivity contribution in [3.8, 4) is 0 Å². The number of hydrogen-bond acceptors (Lipinski definition) is 7. The van der Waals surface area contributed by atoms with Crippen LogP contribution in [0.2, 0.25) is 0 Å². The number of fused-ring (bicyclic) bond motifs is 1. The van der Waals surface area contributed by atoms with Crippen LogP contribution in [0.1, 0.15) is 10.6 Å². The van der Waals surface area contributed by atoms with Crippen LogP contribution < -0.4 is 10.7 Å². The van der Waals surface area contributed by atoms with E-state index >= 15 is 0 Å². The summed E-state index contributed by atoms with van der Waals surface area (Å²) < 4.78 is 27.6. The second-order valence-electron chi connectivity index (χ2n) is 3.18. The average molecular weight is 273 g/mol. The Kier molecular flexibility index (Phi) is 2.63. The van der Waals surface area contributed by atoms with Crippen LogP contribution in [0.25, 0.3) is 5.65 Å². The molecule has 18 heavy (non-hydrogen) atoms. The summed E-state index contributed by atoms with van der Waals surface area (Å²) in [6.07, 6.45) is 0. The van der Waals surface area contributed by atoms with E-state index in [4.69, 9.17) is 5.14 Å². The maximum Gasteiger partial charge on any atom is 0.376 e. The van der Waals surface area contributed by atoms with E-state index in [2.05, 4.69) is 19.8 Å². The summed E-state index contributed by atoms with van der Waals surface area (Å²) in [4.78, 5) is 29.6. The molecule has 0 bridgehead atoms. The molecule has 0 aliphatic rings. The van der Waals surface area contributed by atoms with Gasteiger partial charge in [0, 0.05) is 6.07 Å². The van der Waals surface area contributed by atoms with Gasteiger partial charge in [0.2, 0.25) is 5.82 Å². The highest BCUT2D eigenvalue weighted by Crippen LogP contribution is 2.05. The zero-order valence-corrected chi connectivity index (χ0v) is 9.76. The molecule has 0 fully saturated rings. The van der Waals surface area contributed by atoms with Gasteiger partial charge in [0.05, 0.1) is 7.11 Å². The number of methoxy groups -OCH3 is 1. The van der Waals surface area contributed by atoms with Crippen molar-refractivity contribution in [2.24, 2.45) is 5.14 Å². The summed E-state index contributed by atoms with van der Waals surface area (Å²) in [5.41, 5.74) is -0.694. The van der Waals surface area contributed by atoms with Gasteiger partial charge < -0.3 is 4.74 Å². The first-order valence-corrected chi connectivity index (χ1v) is 5.98. The Morgan fingerprint density at radius 1 is 1.50 bits per heavy atom. The molecule has 0 saturated heterocycles. The topological polar surface area (TPSA) is 150 Å². The third-order valence-electron chi connectivity index (χ3n) is 1.96. The van der Waals surface area contributed by atoms with Crippen LogP contribution in [-0.2, 0) is 14.8 Å². The largest absolute Gasteiger partial charge is 0.463 e. The van der Waals surface area contributed by atoms with Crippen LogP contribution in [0, 0.1) is 0 Å². The van der Waals surface area contributed by atoms with Crippen LogP contribution in [-0.4, -0.2) is 41.1 Å². The minimum absolute atomic E-state index is 0.112. The second kappa shape index (κ2) is 3.89. The molecule has 0 aliphatic heterocycles. The summed E-state index contributed by atoms with van der Waals surface area (Å²) in [5.74, 6) is -1.40. The van der Waals surface area contributed by atoms with E-state index in [9.17, 15) is 18.0 Å². The van der Waals surface area contributed by atoms with Crippen molar-refractivity contribution >= 4 is 21.6 Å². The fourth-order valence-electron chi connectivity index (χ4n) is 1.24. The number of esters is 1. The average Bonchev–Trinajstić information content (AvgIpc) is 2.65. The highest BCUT2D eigenvalue weighted by molar-refractivity contribution is 7.89. The molecule has 2 rings (SSSR count). The van der Waals surface area contributed by atoms with Gasteiger partial charge in [-0.15, -0.1) is 0 Å². The lowest BCUT2D eigenvalue weighted by atomic mass is 10.6. The zero-order chi connectivity index (χ0) is 13.5. The van der Waals surface area contributed by atoms with Crippen LogP contribution in [0.15, 0.2) is 16.0 Å². The number of carbonyl (C=O) groups is 1. The van der Waals surface area contributed by atoms with Crippen molar-refractivity contribution in [2.75, 3.05) is 7.11 Å². The van der Waals surface area contributed by atoms with Gasteiger partial charge in [-0.2, -0.15) is 9.97 Å². The quantitative estimate of drug-likeness (QED) is 0.592. The van der Waals surface area contributed by atoms with E-state index in [0.29, 0.717) is 0 Å². The number of rotatable bonds is 2. The number of ether oxygens (including phenoxy) is 1. The van der Waals surface area contributed by atoms with E-state index in [-0.39, 0.29) is 5.65 Å². The number of nitrogens with one attached hydrogen (secondary N) is 1. The lowest BCUT2D eigenvalue weighted by molar-refractivity contribution is 0.0581. The Hall–Kier alpha value is -2.27. The Morgan fingerprint density at radius 2 is 2.17 bits per heavy atom. The van der Waals surface area contributed by atoms with Crippen molar-refractivity contribution < 1.29 is 17.9 Å². The second-order valence-corrected chi connectivity index (χ2v) is 4.64. The van der Waals surface area contributed by atoms with Crippen LogP contribution in [0.5, 0.6) is 0 Å². The van der Waals surface area contributed by atoms with Gasteiger partial charge >= 0.3 is 5.97 Å². The van der Waals surface area contributed by atoms with Crippen LogP contribution in [0.4, 0.5) is 0 Å². The van der Waals surface area contributed by atoms with Gasteiger partial charge in [-0.1, -0.05) is 0 Å². The normalized spacial score (nSPS) is 11.7. The van der Waals surface area contributed by atoms with E-state index in [0.717, 1.165) is 17.7 Å². The van der Waals surface area contributed by atoms with E-state index in [1.54, 1.807) is 0 Å². The smallest absolute Gasteiger partial charge is 0.376 e. The minimum Gasteiger partial charge on any atom is -0.463 e. The summed E-state index contributed by atoms with van der Waals surface area (Å²) in [7, 11) is -3.13. The summed E-state index contributed by atoms with van der Waals surface area (Å²) in [5, 5.41) is 6.31. The molecule has 2 aromatic heterocycles. The Balaban J connectivity index is 2.89. The number of aromatic nitrogens is 4. The number of primary sulfonamides is 1. The molecule has 0 radical (unpaired) electrons. The van der Waals surface area contributed by atoms with Crippen molar-refractivity contribution in [1.82, 2.24) is 19.6 Å². The highest BCUT2D eigenvalue weighted by Gasteiger charge is 2.21. The summed E-state index contributed by atoms with van der Waals surface area (Å²) in [6.45, 7) is 0. The van der Waals surface area contributed by atoms with Crippen molar-refractivity contribution in [3.05, 3.63) is 22.2 Å². The molecule has 0 aromatic carbocycles. The van der Waals surface area contributed by atoms with Crippen molar-refractivity contribution in [1.29, 1.82) is 0 Å². The molecule has 0 aliphatic carbocycles. The van der Waals surface area contributed by atoms with Gasteiger partial charge in [0.25, 0.3) is 20.7 Å². The van der Waals surface area contributed by atoms with E-state index < -0.39 is 32.5 Å². The number of aromatic amines is 1. The van der Waals surface area contributed by atoms with Crippen LogP contribution >= 0.6 is 0 Å². The van der Waals surface area contributed by atoms with Gasteiger partial charge in [-0.3, -0.25) is 9.89 Å². The first kappa shape index (κ1) is 12.2. The summed E-state index contributed by atoms with van der Waals surface area (Å²) in [6, 6.07) is 0.989. The van der Waals surface area contributed by atoms with Gasteiger partial charge in [-0.25, -0.2) is 22.9 Å². The monoisotopic (exact) mass is 273 g/mol. The summed E-state index contributed by atoms with van der Waals surface area (Å²) >= 11 is 0.